The molecule has 0 aliphatic heterocycles. The number of fused-ring (bicyclic) bond motifs is 1. The molecular formula is C8H7BO3S2. The number of thiol groups is 1. The number of aromatic hydroxyl groups is 1. The van der Waals surface area contributed by atoms with Gasteiger partial charge >= 0.3 is 7.12 Å². The largest absolute Gasteiger partial charge is 0.506 e. The van der Waals surface area contributed by atoms with E-state index in [4.69, 9.17) is 10.0 Å². The van der Waals surface area contributed by atoms with Crippen LogP contribution in [0.1, 0.15) is 0 Å². The fourth-order valence-corrected chi connectivity index (χ4v) is 2.44. The Morgan fingerprint density at radius 1 is 1.36 bits per heavy atom. The third kappa shape index (κ3) is 1.40. The molecule has 3 nitrogen and oxygen atoms in total. The van der Waals surface area contributed by atoms with Crippen molar-refractivity contribution in [3.8, 4) is 5.75 Å². The smallest absolute Gasteiger partial charge is 0.489 e. The highest BCUT2D eigenvalue weighted by Gasteiger charge is 2.19. The SMILES string of the molecule is OB(O)c1cc2sccc2c(O)c1S. The molecule has 0 radical (unpaired) electrons. The van der Waals surface area contributed by atoms with Crippen molar-refractivity contribution in [3.05, 3.63) is 17.5 Å². The van der Waals surface area contributed by atoms with Crippen LogP contribution >= 0.6 is 24.0 Å². The van der Waals surface area contributed by atoms with E-state index in [0.717, 1.165) is 4.70 Å². The second-order valence-corrected chi connectivity index (χ2v) is 4.26. The molecule has 0 fully saturated rings. The van der Waals surface area contributed by atoms with Gasteiger partial charge in [-0.25, -0.2) is 0 Å². The van der Waals surface area contributed by atoms with Crippen molar-refractivity contribution in [2.45, 2.75) is 4.90 Å². The average Bonchev–Trinajstić information content (AvgIpc) is 2.58. The van der Waals surface area contributed by atoms with Gasteiger partial charge in [0.05, 0.1) is 0 Å². The molecule has 0 bridgehead atoms. The lowest BCUT2D eigenvalue weighted by molar-refractivity contribution is 0.423. The van der Waals surface area contributed by atoms with Crippen LogP contribution in [0.5, 0.6) is 5.75 Å². The van der Waals surface area contributed by atoms with Crippen LogP contribution in [0.4, 0.5) is 0 Å². The maximum absolute atomic E-state index is 9.68. The molecule has 2 aromatic rings. The van der Waals surface area contributed by atoms with Crippen molar-refractivity contribution in [1.29, 1.82) is 0 Å². The van der Waals surface area contributed by atoms with Crippen molar-refractivity contribution in [2.75, 3.05) is 0 Å². The number of phenols is 1. The fourth-order valence-electron chi connectivity index (χ4n) is 1.30. The summed E-state index contributed by atoms with van der Waals surface area (Å²) in [5, 5.41) is 30.2. The van der Waals surface area contributed by atoms with E-state index in [9.17, 15) is 5.11 Å². The van der Waals surface area contributed by atoms with Crippen LogP contribution in [0.3, 0.4) is 0 Å². The number of phenolic OH excluding ortho intramolecular Hbond substituents is 1. The first-order valence-corrected chi connectivity index (χ1v) is 5.22. The van der Waals surface area contributed by atoms with E-state index in [-0.39, 0.29) is 16.1 Å². The Balaban J connectivity index is 2.80. The van der Waals surface area contributed by atoms with Gasteiger partial charge in [0.2, 0.25) is 0 Å². The molecule has 0 unspecified atom stereocenters. The summed E-state index contributed by atoms with van der Waals surface area (Å²) < 4.78 is 0.809. The first-order valence-electron chi connectivity index (χ1n) is 3.89. The van der Waals surface area contributed by atoms with E-state index >= 15 is 0 Å². The second kappa shape index (κ2) is 3.47. The summed E-state index contributed by atoms with van der Waals surface area (Å²) in [4.78, 5) is 0.214. The predicted octanol–water partition coefficient (Wildman–Crippen LogP) is 0.575. The van der Waals surface area contributed by atoms with Gasteiger partial charge in [0.1, 0.15) is 5.75 Å². The summed E-state index contributed by atoms with van der Waals surface area (Å²) in [7, 11) is -1.61. The maximum Gasteiger partial charge on any atom is 0.489 e. The van der Waals surface area contributed by atoms with Crippen molar-refractivity contribution in [3.63, 3.8) is 0 Å². The van der Waals surface area contributed by atoms with Crippen LogP contribution in [-0.4, -0.2) is 22.3 Å². The van der Waals surface area contributed by atoms with Gasteiger partial charge in [-0.2, -0.15) is 0 Å². The Morgan fingerprint density at radius 2 is 2.07 bits per heavy atom. The monoisotopic (exact) mass is 226 g/mol. The number of rotatable bonds is 1. The summed E-state index contributed by atoms with van der Waals surface area (Å²) in [6.07, 6.45) is 0. The van der Waals surface area contributed by atoms with Crippen LogP contribution in [0.2, 0.25) is 0 Å². The lowest BCUT2D eigenvalue weighted by Gasteiger charge is -2.06. The minimum atomic E-state index is -1.61. The molecule has 72 valence electrons. The van der Waals surface area contributed by atoms with Gasteiger partial charge in [-0.15, -0.1) is 24.0 Å². The minimum Gasteiger partial charge on any atom is -0.506 e. The van der Waals surface area contributed by atoms with Crippen LogP contribution < -0.4 is 5.46 Å². The van der Waals surface area contributed by atoms with Crippen molar-refractivity contribution in [1.82, 2.24) is 0 Å². The molecule has 3 N–H and O–H groups in total. The highest BCUT2D eigenvalue weighted by molar-refractivity contribution is 7.80. The molecule has 0 saturated carbocycles. The van der Waals surface area contributed by atoms with Gasteiger partial charge in [0.15, 0.2) is 0 Å². The summed E-state index contributed by atoms with van der Waals surface area (Å²) in [5.74, 6) is -0.00446. The highest BCUT2D eigenvalue weighted by atomic mass is 32.1. The molecule has 0 aliphatic rings. The van der Waals surface area contributed by atoms with Crippen molar-refractivity contribution in [2.24, 2.45) is 0 Å². The molecule has 0 saturated heterocycles. The van der Waals surface area contributed by atoms with E-state index in [1.54, 1.807) is 12.1 Å². The van der Waals surface area contributed by atoms with Gasteiger partial charge < -0.3 is 15.2 Å². The molecule has 0 spiro atoms. The molecule has 1 aromatic carbocycles. The minimum absolute atomic E-state index is 0.00446. The summed E-state index contributed by atoms with van der Waals surface area (Å²) in [6, 6.07) is 3.38. The number of hydrogen-bond donors (Lipinski definition) is 4. The molecule has 0 atom stereocenters. The number of thiophene rings is 1. The molecule has 2 rings (SSSR count). The molecule has 0 amide bonds. The summed E-state index contributed by atoms with van der Waals surface area (Å²) in [6.45, 7) is 0. The van der Waals surface area contributed by atoms with Gasteiger partial charge in [0.25, 0.3) is 0 Å². The number of hydrogen-bond acceptors (Lipinski definition) is 5. The molecule has 0 aliphatic carbocycles. The molecule has 1 aromatic heterocycles. The van der Waals surface area contributed by atoms with Crippen molar-refractivity contribution >= 4 is 46.6 Å². The van der Waals surface area contributed by atoms with E-state index < -0.39 is 7.12 Å². The number of benzene rings is 1. The quantitative estimate of drug-likeness (QED) is 0.425. The zero-order valence-corrected chi connectivity index (χ0v) is 8.72. The average molecular weight is 226 g/mol. The first kappa shape index (κ1) is 9.85. The van der Waals surface area contributed by atoms with E-state index in [1.807, 2.05) is 5.38 Å². The lowest BCUT2D eigenvalue weighted by atomic mass is 9.80. The topological polar surface area (TPSA) is 60.7 Å². The lowest BCUT2D eigenvalue weighted by Crippen LogP contribution is -2.31. The van der Waals surface area contributed by atoms with Gasteiger partial charge in [-0.05, 0) is 17.5 Å². The van der Waals surface area contributed by atoms with Crippen LogP contribution in [0, 0.1) is 0 Å². The van der Waals surface area contributed by atoms with E-state index in [2.05, 4.69) is 12.6 Å². The fraction of sp³-hybridized carbons (Fsp3) is 0. The van der Waals surface area contributed by atoms with Crippen LogP contribution in [0.25, 0.3) is 10.1 Å². The van der Waals surface area contributed by atoms with Gasteiger partial charge in [-0.3, -0.25) is 0 Å². The third-order valence-electron chi connectivity index (χ3n) is 2.01. The zero-order valence-electron chi connectivity index (χ0n) is 7.01. The Bertz CT molecular complexity index is 481. The summed E-state index contributed by atoms with van der Waals surface area (Å²) >= 11 is 5.46. The zero-order chi connectivity index (χ0) is 10.3. The molecule has 14 heavy (non-hydrogen) atoms. The Kier molecular flexibility index (Phi) is 2.44. The third-order valence-corrected chi connectivity index (χ3v) is 3.35. The van der Waals surface area contributed by atoms with Crippen LogP contribution in [0.15, 0.2) is 22.4 Å². The van der Waals surface area contributed by atoms with Gasteiger partial charge in [-0.1, -0.05) is 0 Å². The van der Waals surface area contributed by atoms with E-state index in [1.165, 1.54) is 11.3 Å². The predicted molar refractivity (Wildman–Crippen MR) is 60.6 cm³/mol. The van der Waals surface area contributed by atoms with Gasteiger partial charge in [0, 0.05) is 20.4 Å². The standard InChI is InChI=1S/C8H7BO3S2/c10-7-4-1-2-14-6(4)3-5(8(7)13)9(11)12/h1-3,10-13H. The molecular weight excluding hydrogens is 219 g/mol. The van der Waals surface area contributed by atoms with Crippen LogP contribution in [-0.2, 0) is 0 Å². The highest BCUT2D eigenvalue weighted by Crippen LogP contribution is 2.32. The maximum atomic E-state index is 9.68. The molecule has 1 heterocycles. The Hall–Kier alpha value is -0.685. The Morgan fingerprint density at radius 3 is 2.71 bits per heavy atom. The Labute approximate surface area is 90.2 Å². The molecule has 6 heteroatoms. The second-order valence-electron chi connectivity index (χ2n) is 2.87. The van der Waals surface area contributed by atoms with Crippen molar-refractivity contribution < 1.29 is 15.2 Å². The summed E-state index contributed by atoms with van der Waals surface area (Å²) in [5.41, 5.74) is 0.223. The normalized spacial score (nSPS) is 10.8. The van der Waals surface area contributed by atoms with E-state index in [0.29, 0.717) is 5.39 Å². The first-order chi connectivity index (χ1) is 6.61.